The van der Waals surface area contributed by atoms with E-state index in [9.17, 15) is 4.79 Å². The van der Waals surface area contributed by atoms with Crippen LogP contribution in [-0.4, -0.2) is 17.6 Å². The average molecular weight is 302 g/mol. The molecule has 1 aliphatic rings. The topological polar surface area (TPSA) is 49.3 Å². The molecule has 1 aromatic carbocycles. The van der Waals surface area contributed by atoms with Crippen molar-refractivity contribution in [1.29, 1.82) is 0 Å². The molecule has 2 unspecified atom stereocenters. The lowest BCUT2D eigenvalue weighted by molar-refractivity contribution is -0.142. The van der Waals surface area contributed by atoms with Crippen LogP contribution in [0.1, 0.15) is 24.8 Å². The summed E-state index contributed by atoms with van der Waals surface area (Å²) in [7, 11) is 0. The fourth-order valence-corrected chi connectivity index (χ4v) is 3.14. The molecule has 2 N–H and O–H groups in total. The van der Waals surface area contributed by atoms with E-state index in [0.29, 0.717) is 16.6 Å². The summed E-state index contributed by atoms with van der Waals surface area (Å²) in [6, 6.07) is 5.41. The van der Waals surface area contributed by atoms with Crippen molar-refractivity contribution in [1.82, 2.24) is 5.32 Å². The Morgan fingerprint density at radius 1 is 1.37 bits per heavy atom. The molecule has 3 nitrogen and oxygen atoms in total. The fourth-order valence-electron chi connectivity index (χ4n) is 2.66. The van der Waals surface area contributed by atoms with Crippen molar-refractivity contribution in [3.63, 3.8) is 0 Å². The van der Waals surface area contributed by atoms with Gasteiger partial charge in [-0.2, -0.15) is 0 Å². The van der Waals surface area contributed by atoms with Gasteiger partial charge in [-0.1, -0.05) is 35.7 Å². The molecule has 0 amide bonds. The van der Waals surface area contributed by atoms with Crippen LogP contribution in [0.25, 0.3) is 0 Å². The minimum absolute atomic E-state index is 0.201. The van der Waals surface area contributed by atoms with Gasteiger partial charge in [-0.05, 0) is 43.0 Å². The van der Waals surface area contributed by atoms with Gasteiger partial charge in [0.1, 0.15) is 0 Å². The number of nitrogens with one attached hydrogen (secondary N) is 1. The largest absolute Gasteiger partial charge is 0.481 e. The first-order valence-electron chi connectivity index (χ1n) is 6.45. The third-order valence-corrected chi connectivity index (χ3v) is 4.30. The number of benzene rings is 1. The number of halogens is 2. The summed E-state index contributed by atoms with van der Waals surface area (Å²) in [6.07, 6.45) is 2.78. The van der Waals surface area contributed by atoms with E-state index in [0.717, 1.165) is 31.4 Å². The summed E-state index contributed by atoms with van der Waals surface area (Å²) in [4.78, 5) is 11.1. The summed E-state index contributed by atoms with van der Waals surface area (Å²) in [5.74, 6) is -0.648. The lowest BCUT2D eigenvalue weighted by atomic mass is 9.96. The Morgan fingerprint density at radius 3 is 2.84 bits per heavy atom. The molecular formula is C14H17Cl2NO2. The van der Waals surface area contributed by atoms with Crippen molar-refractivity contribution in [3.8, 4) is 0 Å². The molecule has 0 aliphatic heterocycles. The predicted octanol–water partition coefficient (Wildman–Crippen LogP) is 3.58. The zero-order valence-corrected chi connectivity index (χ0v) is 12.0. The lowest BCUT2D eigenvalue weighted by Crippen LogP contribution is -2.28. The van der Waals surface area contributed by atoms with Gasteiger partial charge in [0.2, 0.25) is 0 Å². The van der Waals surface area contributed by atoms with Crippen molar-refractivity contribution in [2.24, 2.45) is 11.8 Å². The summed E-state index contributed by atoms with van der Waals surface area (Å²) in [6.45, 7) is 1.36. The van der Waals surface area contributed by atoms with Crippen molar-refractivity contribution in [3.05, 3.63) is 33.8 Å². The van der Waals surface area contributed by atoms with Crippen LogP contribution in [0, 0.1) is 11.8 Å². The molecule has 5 heteroatoms. The highest BCUT2D eigenvalue weighted by Crippen LogP contribution is 2.31. The number of hydrogen-bond donors (Lipinski definition) is 2. The first kappa shape index (κ1) is 14.6. The number of carboxylic acids is 1. The van der Waals surface area contributed by atoms with Gasteiger partial charge in [0.15, 0.2) is 0 Å². The molecule has 0 radical (unpaired) electrons. The van der Waals surface area contributed by atoms with Gasteiger partial charge in [-0.3, -0.25) is 4.79 Å². The van der Waals surface area contributed by atoms with Gasteiger partial charge in [0.25, 0.3) is 0 Å². The SMILES string of the molecule is O=C(O)C1CCCC1CNCc1ccc(Cl)cc1Cl. The van der Waals surface area contributed by atoms with Crippen LogP contribution in [0.3, 0.4) is 0 Å². The molecule has 2 atom stereocenters. The van der Waals surface area contributed by atoms with E-state index < -0.39 is 5.97 Å². The van der Waals surface area contributed by atoms with E-state index in [1.165, 1.54) is 0 Å². The van der Waals surface area contributed by atoms with Crippen LogP contribution in [0.15, 0.2) is 18.2 Å². The molecule has 1 aliphatic carbocycles. The second-order valence-electron chi connectivity index (χ2n) is 5.00. The second kappa shape index (κ2) is 6.60. The molecule has 0 bridgehead atoms. The van der Waals surface area contributed by atoms with Crippen LogP contribution in [0.2, 0.25) is 10.0 Å². The predicted molar refractivity (Wildman–Crippen MR) is 76.6 cm³/mol. The second-order valence-corrected chi connectivity index (χ2v) is 5.85. The molecule has 104 valence electrons. The van der Waals surface area contributed by atoms with Crippen LogP contribution in [-0.2, 0) is 11.3 Å². The van der Waals surface area contributed by atoms with Crippen molar-refractivity contribution in [2.75, 3.05) is 6.54 Å². The zero-order chi connectivity index (χ0) is 13.8. The number of hydrogen-bond acceptors (Lipinski definition) is 2. The Morgan fingerprint density at radius 2 is 2.16 bits per heavy atom. The Labute approximate surface area is 122 Å². The molecule has 2 rings (SSSR count). The maximum atomic E-state index is 11.1. The van der Waals surface area contributed by atoms with E-state index in [4.69, 9.17) is 28.3 Å². The van der Waals surface area contributed by atoms with Crippen LogP contribution >= 0.6 is 23.2 Å². The average Bonchev–Trinajstić information content (AvgIpc) is 2.80. The minimum Gasteiger partial charge on any atom is -0.481 e. The third kappa shape index (κ3) is 3.85. The highest BCUT2D eigenvalue weighted by molar-refractivity contribution is 6.35. The van der Waals surface area contributed by atoms with Crippen molar-refractivity contribution < 1.29 is 9.90 Å². The Bertz CT molecular complexity index is 465. The van der Waals surface area contributed by atoms with Crippen LogP contribution in [0.5, 0.6) is 0 Å². The molecule has 0 heterocycles. The molecular weight excluding hydrogens is 285 g/mol. The standard InChI is InChI=1S/C14H17Cl2NO2/c15-11-5-4-10(13(16)6-11)8-17-7-9-2-1-3-12(9)14(18)19/h4-6,9,12,17H,1-3,7-8H2,(H,18,19). The number of rotatable bonds is 5. The maximum Gasteiger partial charge on any atom is 0.306 e. The quantitative estimate of drug-likeness (QED) is 0.874. The number of carbonyl (C=O) groups is 1. The summed E-state index contributed by atoms with van der Waals surface area (Å²) in [5, 5.41) is 13.7. The first-order valence-corrected chi connectivity index (χ1v) is 7.21. The highest BCUT2D eigenvalue weighted by atomic mass is 35.5. The molecule has 1 aromatic rings. The molecule has 1 fully saturated rings. The van der Waals surface area contributed by atoms with Gasteiger partial charge < -0.3 is 10.4 Å². The van der Waals surface area contributed by atoms with E-state index in [2.05, 4.69) is 5.32 Å². The normalized spacial score (nSPS) is 22.6. The lowest BCUT2D eigenvalue weighted by Gasteiger charge is -2.16. The van der Waals surface area contributed by atoms with Crippen molar-refractivity contribution in [2.45, 2.75) is 25.8 Å². The van der Waals surface area contributed by atoms with E-state index >= 15 is 0 Å². The van der Waals surface area contributed by atoms with Crippen molar-refractivity contribution >= 4 is 29.2 Å². The van der Waals surface area contributed by atoms with Gasteiger partial charge in [-0.15, -0.1) is 0 Å². The van der Waals surface area contributed by atoms with E-state index in [1.807, 2.05) is 6.07 Å². The molecule has 0 spiro atoms. The monoisotopic (exact) mass is 301 g/mol. The van der Waals surface area contributed by atoms with Gasteiger partial charge >= 0.3 is 5.97 Å². The summed E-state index contributed by atoms with van der Waals surface area (Å²) in [5.41, 5.74) is 0.982. The number of carboxylic acid groups (broad SMARTS) is 1. The Balaban J connectivity index is 1.84. The first-order chi connectivity index (χ1) is 9.08. The molecule has 19 heavy (non-hydrogen) atoms. The van der Waals surface area contributed by atoms with Gasteiger partial charge in [-0.25, -0.2) is 0 Å². The molecule has 0 saturated heterocycles. The Kier molecular flexibility index (Phi) is 5.08. The maximum absolute atomic E-state index is 11.1. The third-order valence-electron chi connectivity index (χ3n) is 3.71. The summed E-state index contributed by atoms with van der Waals surface area (Å²) >= 11 is 11.9. The number of aliphatic carboxylic acids is 1. The zero-order valence-electron chi connectivity index (χ0n) is 10.5. The Hall–Kier alpha value is -0.770. The molecule has 0 aromatic heterocycles. The van der Waals surface area contributed by atoms with Crippen LogP contribution in [0.4, 0.5) is 0 Å². The van der Waals surface area contributed by atoms with E-state index in [1.54, 1.807) is 12.1 Å². The van der Waals surface area contributed by atoms with Crippen LogP contribution < -0.4 is 5.32 Å². The molecule has 1 saturated carbocycles. The van der Waals surface area contributed by atoms with Gasteiger partial charge in [0, 0.05) is 16.6 Å². The fraction of sp³-hybridized carbons (Fsp3) is 0.500. The minimum atomic E-state index is -0.672. The highest BCUT2D eigenvalue weighted by Gasteiger charge is 2.32. The smallest absolute Gasteiger partial charge is 0.306 e. The van der Waals surface area contributed by atoms with E-state index in [-0.39, 0.29) is 11.8 Å². The van der Waals surface area contributed by atoms with Gasteiger partial charge in [0.05, 0.1) is 5.92 Å². The summed E-state index contributed by atoms with van der Waals surface area (Å²) < 4.78 is 0.